The lowest BCUT2D eigenvalue weighted by Gasteiger charge is -2.61. The highest BCUT2D eigenvalue weighted by Gasteiger charge is 2.60. The second-order valence-corrected chi connectivity index (χ2v) is 16.8. The summed E-state index contributed by atoms with van der Waals surface area (Å²) in [6.45, 7) is 15.7. The molecule has 4 fully saturated rings. The van der Waals surface area contributed by atoms with E-state index in [4.69, 9.17) is 9.92 Å². The van der Waals surface area contributed by atoms with Crippen LogP contribution in [0.1, 0.15) is 125 Å². The lowest BCUT2D eigenvalue weighted by Crippen LogP contribution is -2.55. The maximum absolute atomic E-state index is 11.4. The lowest BCUT2D eigenvalue weighted by atomic mass is 9.44. The zero-order chi connectivity index (χ0) is 30.5. The SMILES string of the molecule is CC(C)C(CCC(C)C1CCC2C3CCC4CC(NCCCNCCCCN)CCC4(C)C3CCC12C)OS(=O)(=O)O. The molecule has 0 spiro atoms. The number of fused-ring (bicyclic) bond motifs is 5. The molecule has 0 aromatic heterocycles. The van der Waals surface area contributed by atoms with Crippen molar-refractivity contribution < 1.29 is 17.2 Å². The zero-order valence-electron chi connectivity index (χ0n) is 27.6. The first kappa shape index (κ1) is 34.6. The van der Waals surface area contributed by atoms with Crippen molar-refractivity contribution in [1.82, 2.24) is 10.6 Å². The molecule has 246 valence electrons. The van der Waals surface area contributed by atoms with E-state index in [9.17, 15) is 13.0 Å². The molecular formula is C34H65N3O4S. The molecule has 4 rings (SSSR count). The van der Waals surface area contributed by atoms with E-state index in [0.29, 0.717) is 35.1 Å². The predicted molar refractivity (Wildman–Crippen MR) is 172 cm³/mol. The van der Waals surface area contributed by atoms with Crippen LogP contribution in [0.15, 0.2) is 0 Å². The van der Waals surface area contributed by atoms with E-state index in [2.05, 4.69) is 31.4 Å². The molecule has 5 N–H and O–H groups in total. The highest BCUT2D eigenvalue weighted by atomic mass is 32.3. The summed E-state index contributed by atoms with van der Waals surface area (Å²) in [4.78, 5) is 0. The van der Waals surface area contributed by atoms with E-state index >= 15 is 0 Å². The Balaban J connectivity index is 1.28. The van der Waals surface area contributed by atoms with Gasteiger partial charge in [0.25, 0.3) is 0 Å². The van der Waals surface area contributed by atoms with Gasteiger partial charge in [0.05, 0.1) is 6.10 Å². The minimum atomic E-state index is -4.42. The van der Waals surface area contributed by atoms with Gasteiger partial charge in [-0.3, -0.25) is 4.55 Å². The Morgan fingerprint density at radius 2 is 1.60 bits per heavy atom. The van der Waals surface area contributed by atoms with Gasteiger partial charge in [-0.15, -0.1) is 0 Å². The molecule has 0 bridgehead atoms. The molecule has 0 heterocycles. The van der Waals surface area contributed by atoms with Crippen LogP contribution in [0.5, 0.6) is 0 Å². The van der Waals surface area contributed by atoms with E-state index in [1.165, 1.54) is 70.6 Å². The maximum Gasteiger partial charge on any atom is 0.397 e. The molecule has 0 aromatic rings. The topological polar surface area (TPSA) is 114 Å². The van der Waals surface area contributed by atoms with Gasteiger partial charge < -0.3 is 16.4 Å². The summed E-state index contributed by atoms with van der Waals surface area (Å²) in [6, 6.07) is 0.696. The summed E-state index contributed by atoms with van der Waals surface area (Å²) >= 11 is 0. The molecule has 10 atom stereocenters. The predicted octanol–water partition coefficient (Wildman–Crippen LogP) is 6.58. The van der Waals surface area contributed by atoms with Gasteiger partial charge >= 0.3 is 10.4 Å². The van der Waals surface area contributed by atoms with E-state index in [-0.39, 0.29) is 5.92 Å². The Kier molecular flexibility index (Phi) is 12.3. The van der Waals surface area contributed by atoms with Gasteiger partial charge in [-0.05, 0) is 168 Å². The molecule has 4 aliphatic carbocycles. The molecule has 0 aliphatic heterocycles. The van der Waals surface area contributed by atoms with Gasteiger partial charge in [0.15, 0.2) is 0 Å². The van der Waals surface area contributed by atoms with Crippen molar-refractivity contribution >= 4 is 10.4 Å². The fourth-order valence-corrected chi connectivity index (χ4v) is 11.4. The monoisotopic (exact) mass is 611 g/mol. The Labute approximate surface area is 258 Å². The first-order chi connectivity index (χ1) is 19.9. The highest BCUT2D eigenvalue weighted by molar-refractivity contribution is 7.80. The first-order valence-corrected chi connectivity index (χ1v) is 19.1. The summed E-state index contributed by atoms with van der Waals surface area (Å²) in [5.41, 5.74) is 6.50. The van der Waals surface area contributed by atoms with Gasteiger partial charge in [-0.2, -0.15) is 8.42 Å². The smallest absolute Gasteiger partial charge is 0.330 e. The molecule has 8 heteroatoms. The van der Waals surface area contributed by atoms with Crippen LogP contribution in [0, 0.1) is 52.3 Å². The minimum Gasteiger partial charge on any atom is -0.330 e. The number of hydrogen-bond donors (Lipinski definition) is 4. The van der Waals surface area contributed by atoms with Crippen LogP contribution in [0.2, 0.25) is 0 Å². The van der Waals surface area contributed by atoms with Crippen LogP contribution in [0.25, 0.3) is 0 Å². The summed E-state index contributed by atoms with van der Waals surface area (Å²) in [5.74, 6) is 4.76. The molecule has 0 saturated heterocycles. The molecule has 4 aliphatic rings. The van der Waals surface area contributed by atoms with Crippen LogP contribution in [-0.4, -0.2) is 51.3 Å². The standard InChI is InChI=1S/C34H65N3O4S/c1-24(2)32(41-42(38,39)40)14-9-25(3)29-12-13-30-28-11-10-26-23-27(37-22-8-21-36-20-7-6-19-35)15-17-33(26,4)31(28)16-18-34(29,30)5/h24-32,36-37H,6-23,35H2,1-5H3,(H,38,39,40). The summed E-state index contributed by atoms with van der Waals surface area (Å²) in [5, 5.41) is 7.49. The van der Waals surface area contributed by atoms with Crippen LogP contribution in [0.3, 0.4) is 0 Å². The second kappa shape index (κ2) is 14.9. The molecule has 4 saturated carbocycles. The third-order valence-electron chi connectivity index (χ3n) is 13.1. The Bertz CT molecular complexity index is 947. The van der Waals surface area contributed by atoms with Crippen LogP contribution >= 0.6 is 0 Å². The van der Waals surface area contributed by atoms with E-state index in [1.54, 1.807) is 0 Å². The van der Waals surface area contributed by atoms with Crippen molar-refractivity contribution in [2.45, 2.75) is 137 Å². The second-order valence-electron chi connectivity index (χ2n) is 15.8. The molecule has 0 aromatic carbocycles. The Morgan fingerprint density at radius 1 is 0.881 bits per heavy atom. The first-order valence-electron chi connectivity index (χ1n) is 17.7. The Hall–Kier alpha value is -0.250. The highest BCUT2D eigenvalue weighted by Crippen LogP contribution is 2.68. The largest absolute Gasteiger partial charge is 0.397 e. The van der Waals surface area contributed by atoms with Gasteiger partial charge in [0, 0.05) is 6.04 Å². The van der Waals surface area contributed by atoms with Gasteiger partial charge in [0.2, 0.25) is 0 Å². The molecular weight excluding hydrogens is 546 g/mol. The molecule has 0 amide bonds. The number of unbranched alkanes of at least 4 members (excludes halogenated alkanes) is 1. The number of hydrogen-bond acceptors (Lipinski definition) is 6. The average Bonchev–Trinajstić information content (AvgIpc) is 3.29. The van der Waals surface area contributed by atoms with Gasteiger partial charge in [-0.25, -0.2) is 4.18 Å². The summed E-state index contributed by atoms with van der Waals surface area (Å²) in [6.07, 6.45) is 17.0. The third-order valence-corrected chi connectivity index (χ3v) is 13.6. The van der Waals surface area contributed by atoms with E-state index < -0.39 is 16.5 Å². The molecule has 10 unspecified atom stereocenters. The lowest BCUT2D eigenvalue weighted by molar-refractivity contribution is -0.118. The quantitative estimate of drug-likeness (QED) is 0.115. The van der Waals surface area contributed by atoms with Crippen molar-refractivity contribution in [2.75, 3.05) is 26.2 Å². The minimum absolute atomic E-state index is 0.0521. The normalized spacial score (nSPS) is 38.1. The van der Waals surface area contributed by atoms with Crippen molar-refractivity contribution in [1.29, 1.82) is 0 Å². The molecule has 0 radical (unpaired) electrons. The van der Waals surface area contributed by atoms with Crippen molar-refractivity contribution in [3.05, 3.63) is 0 Å². The van der Waals surface area contributed by atoms with Crippen LogP contribution in [0.4, 0.5) is 0 Å². The van der Waals surface area contributed by atoms with Crippen molar-refractivity contribution in [2.24, 2.45) is 58.0 Å². The van der Waals surface area contributed by atoms with Gasteiger partial charge in [0.1, 0.15) is 0 Å². The summed E-state index contributed by atoms with van der Waals surface area (Å²) < 4.78 is 37.1. The molecule has 42 heavy (non-hydrogen) atoms. The van der Waals surface area contributed by atoms with E-state index in [1.807, 2.05) is 13.8 Å². The van der Waals surface area contributed by atoms with Gasteiger partial charge in [-0.1, -0.05) is 34.6 Å². The third kappa shape index (κ3) is 8.12. The van der Waals surface area contributed by atoms with Crippen LogP contribution in [-0.2, 0) is 14.6 Å². The number of rotatable bonds is 16. The van der Waals surface area contributed by atoms with Crippen molar-refractivity contribution in [3.8, 4) is 0 Å². The fraction of sp³-hybridized carbons (Fsp3) is 1.00. The summed E-state index contributed by atoms with van der Waals surface area (Å²) in [7, 11) is -4.42. The Morgan fingerprint density at radius 3 is 2.31 bits per heavy atom. The average molecular weight is 612 g/mol. The maximum atomic E-state index is 11.4. The molecule has 7 nitrogen and oxygen atoms in total. The number of nitrogens with one attached hydrogen (secondary N) is 2. The number of nitrogens with two attached hydrogens (primary N) is 1. The zero-order valence-corrected chi connectivity index (χ0v) is 28.4. The van der Waals surface area contributed by atoms with Crippen LogP contribution < -0.4 is 16.4 Å². The fourth-order valence-electron chi connectivity index (χ4n) is 10.7. The van der Waals surface area contributed by atoms with Crippen molar-refractivity contribution in [3.63, 3.8) is 0 Å². The van der Waals surface area contributed by atoms with E-state index in [0.717, 1.165) is 62.7 Å².